The highest BCUT2D eigenvalue weighted by atomic mass is 16.5. The molecule has 1 aliphatic rings. The van der Waals surface area contributed by atoms with Crippen LogP contribution in [0.25, 0.3) is 0 Å². The van der Waals surface area contributed by atoms with E-state index in [9.17, 15) is 5.11 Å². The van der Waals surface area contributed by atoms with Crippen molar-refractivity contribution in [1.29, 1.82) is 0 Å². The summed E-state index contributed by atoms with van der Waals surface area (Å²) < 4.78 is 5.44. The second-order valence-electron chi connectivity index (χ2n) is 6.20. The minimum absolute atomic E-state index is 0.197. The topological polar surface area (TPSA) is 57.6 Å². The van der Waals surface area contributed by atoms with Gasteiger partial charge in [0.2, 0.25) is 5.88 Å². The number of benzene rings is 1. The molecule has 3 rings (SSSR count). The third-order valence-corrected chi connectivity index (χ3v) is 4.85. The van der Waals surface area contributed by atoms with Crippen LogP contribution in [-0.2, 0) is 0 Å². The summed E-state index contributed by atoms with van der Waals surface area (Å²) in [5.41, 5.74) is 2.23. The molecule has 5 nitrogen and oxygen atoms in total. The number of pyridine rings is 1. The number of anilines is 1. The zero-order valence-electron chi connectivity index (χ0n) is 14.2. The number of hydrogen-bond donors (Lipinski definition) is 2. The van der Waals surface area contributed by atoms with Crippen molar-refractivity contribution in [2.24, 2.45) is 5.92 Å². The van der Waals surface area contributed by atoms with Crippen molar-refractivity contribution in [2.75, 3.05) is 32.2 Å². The fourth-order valence-electron chi connectivity index (χ4n) is 3.71. The summed E-state index contributed by atoms with van der Waals surface area (Å²) in [6.07, 6.45) is 2.51. The molecule has 1 aromatic heterocycles. The van der Waals surface area contributed by atoms with Crippen molar-refractivity contribution in [2.45, 2.75) is 18.5 Å². The molecule has 2 aromatic rings. The fraction of sp³-hybridized carbons (Fsp3) is 0.421. The Labute approximate surface area is 143 Å². The van der Waals surface area contributed by atoms with Gasteiger partial charge in [0.1, 0.15) is 0 Å². The highest BCUT2D eigenvalue weighted by Crippen LogP contribution is 2.37. The van der Waals surface area contributed by atoms with Gasteiger partial charge in [-0.3, -0.25) is 0 Å². The molecule has 3 unspecified atom stereocenters. The molecular formula is C19H25N3O2. The highest BCUT2D eigenvalue weighted by Gasteiger charge is 2.39. The largest absolute Gasteiger partial charge is 0.480 e. The molecule has 5 heteroatoms. The summed E-state index contributed by atoms with van der Waals surface area (Å²) in [6.45, 7) is 1.08. The number of aliphatic hydroxyl groups is 1. The number of likely N-dealkylation sites (N-methyl/N-ethyl adjacent to an activating group) is 1. The highest BCUT2D eigenvalue weighted by molar-refractivity contribution is 5.56. The van der Waals surface area contributed by atoms with Gasteiger partial charge in [-0.15, -0.1) is 0 Å². The van der Waals surface area contributed by atoms with E-state index < -0.39 is 0 Å². The van der Waals surface area contributed by atoms with Crippen LogP contribution >= 0.6 is 0 Å². The summed E-state index contributed by atoms with van der Waals surface area (Å²) in [6, 6.07) is 14.9. The van der Waals surface area contributed by atoms with E-state index in [1.807, 2.05) is 18.2 Å². The third kappa shape index (κ3) is 3.23. The summed E-state index contributed by atoms with van der Waals surface area (Å²) >= 11 is 0. The zero-order valence-corrected chi connectivity index (χ0v) is 14.2. The van der Waals surface area contributed by atoms with E-state index >= 15 is 0 Å². The van der Waals surface area contributed by atoms with Crippen LogP contribution in [0.2, 0.25) is 0 Å². The van der Waals surface area contributed by atoms with Crippen molar-refractivity contribution in [3.63, 3.8) is 0 Å². The molecular weight excluding hydrogens is 302 g/mol. The Balaban J connectivity index is 1.95. The second-order valence-corrected chi connectivity index (χ2v) is 6.20. The molecule has 0 spiro atoms. The number of rotatable bonds is 6. The van der Waals surface area contributed by atoms with E-state index in [-0.39, 0.29) is 18.7 Å². The maximum Gasteiger partial charge on any atom is 0.237 e. The van der Waals surface area contributed by atoms with Crippen LogP contribution in [0.15, 0.2) is 48.7 Å². The molecule has 128 valence electrons. The number of aliphatic hydroxyl groups excluding tert-OH is 1. The van der Waals surface area contributed by atoms with Gasteiger partial charge in [0.15, 0.2) is 0 Å². The van der Waals surface area contributed by atoms with Crippen LogP contribution in [0.3, 0.4) is 0 Å². The van der Waals surface area contributed by atoms with Crippen molar-refractivity contribution in [3.05, 3.63) is 54.2 Å². The number of aromatic nitrogens is 1. The lowest BCUT2D eigenvalue weighted by molar-refractivity contribution is 0.252. The molecule has 0 radical (unpaired) electrons. The van der Waals surface area contributed by atoms with Crippen molar-refractivity contribution in [1.82, 2.24) is 10.3 Å². The first-order chi connectivity index (χ1) is 11.8. The van der Waals surface area contributed by atoms with Gasteiger partial charge in [0.05, 0.1) is 24.9 Å². The van der Waals surface area contributed by atoms with Crippen molar-refractivity contribution in [3.8, 4) is 5.88 Å². The Bertz CT molecular complexity index is 650. The Morgan fingerprint density at radius 1 is 1.25 bits per heavy atom. The maximum absolute atomic E-state index is 9.47. The normalized spacial score (nSPS) is 23.2. The smallest absolute Gasteiger partial charge is 0.237 e. The molecule has 2 heterocycles. The van der Waals surface area contributed by atoms with Crippen LogP contribution in [0, 0.1) is 5.92 Å². The van der Waals surface area contributed by atoms with Crippen molar-refractivity contribution < 1.29 is 9.84 Å². The standard InChI is InChI=1S/C19H25N3O2/c1-22(16-9-6-11-20-19(16)24-2)18-15(10-12-23)13-21-17(18)14-7-4-3-5-8-14/h3-9,11,15,17-18,21,23H,10,12-13H2,1-2H3. The summed E-state index contributed by atoms with van der Waals surface area (Å²) in [4.78, 5) is 6.56. The predicted molar refractivity (Wildman–Crippen MR) is 95.4 cm³/mol. The average molecular weight is 327 g/mol. The Morgan fingerprint density at radius 3 is 2.75 bits per heavy atom. The number of hydrogen-bond acceptors (Lipinski definition) is 5. The van der Waals surface area contributed by atoms with Gasteiger partial charge in [0.25, 0.3) is 0 Å². The Morgan fingerprint density at radius 2 is 2.04 bits per heavy atom. The maximum atomic E-state index is 9.47. The van der Waals surface area contributed by atoms with E-state index in [4.69, 9.17) is 4.74 Å². The van der Waals surface area contributed by atoms with Crippen LogP contribution in [-0.4, -0.2) is 43.4 Å². The fourth-order valence-corrected chi connectivity index (χ4v) is 3.71. The lowest BCUT2D eigenvalue weighted by Crippen LogP contribution is -2.40. The van der Waals surface area contributed by atoms with Crippen molar-refractivity contribution >= 4 is 5.69 Å². The zero-order chi connectivity index (χ0) is 16.9. The first-order valence-electron chi connectivity index (χ1n) is 8.37. The van der Waals surface area contributed by atoms with Crippen LogP contribution in [0.1, 0.15) is 18.0 Å². The minimum Gasteiger partial charge on any atom is -0.480 e. The molecule has 1 fully saturated rings. The summed E-state index contributed by atoms with van der Waals surface area (Å²) in [7, 11) is 3.73. The molecule has 1 aromatic carbocycles. The molecule has 0 amide bonds. The SMILES string of the molecule is COc1ncccc1N(C)C1C(CCO)CNC1c1ccccc1. The quantitative estimate of drug-likeness (QED) is 0.852. The van der Waals surface area contributed by atoms with Gasteiger partial charge in [0, 0.05) is 26.4 Å². The van der Waals surface area contributed by atoms with E-state index in [1.54, 1.807) is 13.3 Å². The monoisotopic (exact) mass is 327 g/mol. The molecule has 0 saturated carbocycles. The van der Waals surface area contributed by atoms with Gasteiger partial charge in [-0.2, -0.15) is 0 Å². The molecule has 1 saturated heterocycles. The molecule has 2 N–H and O–H groups in total. The Kier molecular flexibility index (Phi) is 5.33. The summed E-state index contributed by atoms with van der Waals surface area (Å²) in [5, 5.41) is 13.1. The number of nitrogens with one attached hydrogen (secondary N) is 1. The summed E-state index contributed by atoms with van der Waals surface area (Å²) in [5.74, 6) is 0.983. The molecule has 3 atom stereocenters. The van der Waals surface area contributed by atoms with Gasteiger partial charge >= 0.3 is 0 Å². The number of methoxy groups -OCH3 is 1. The lowest BCUT2D eigenvalue weighted by atomic mass is 9.90. The Hall–Kier alpha value is -2.11. The average Bonchev–Trinajstić information content (AvgIpc) is 3.06. The first-order valence-corrected chi connectivity index (χ1v) is 8.37. The molecule has 24 heavy (non-hydrogen) atoms. The number of ether oxygens (including phenoxy) is 1. The van der Waals surface area contributed by atoms with Crippen LogP contribution in [0.4, 0.5) is 5.69 Å². The number of nitrogens with zero attached hydrogens (tertiary/aromatic N) is 2. The van der Waals surface area contributed by atoms with E-state index in [0.717, 1.165) is 18.7 Å². The molecule has 0 bridgehead atoms. The van der Waals surface area contributed by atoms with Gasteiger partial charge in [-0.25, -0.2) is 4.98 Å². The first kappa shape index (κ1) is 16.7. The van der Waals surface area contributed by atoms with Gasteiger partial charge in [-0.1, -0.05) is 30.3 Å². The van der Waals surface area contributed by atoms with E-state index in [0.29, 0.717) is 11.8 Å². The lowest BCUT2D eigenvalue weighted by Gasteiger charge is -2.35. The van der Waals surface area contributed by atoms with Gasteiger partial charge in [-0.05, 0) is 30.0 Å². The minimum atomic E-state index is 0.197. The van der Waals surface area contributed by atoms with Gasteiger partial charge < -0.3 is 20.1 Å². The van der Waals surface area contributed by atoms with E-state index in [1.165, 1.54) is 5.56 Å². The van der Waals surface area contributed by atoms with Crippen LogP contribution in [0.5, 0.6) is 5.88 Å². The molecule has 0 aliphatic carbocycles. The predicted octanol–water partition coefficient (Wildman–Crippen LogP) is 2.24. The van der Waals surface area contributed by atoms with E-state index in [2.05, 4.69) is 46.5 Å². The second kappa shape index (κ2) is 7.64. The third-order valence-electron chi connectivity index (χ3n) is 4.85. The molecule has 1 aliphatic heterocycles. The van der Waals surface area contributed by atoms with Crippen LogP contribution < -0.4 is 15.0 Å².